The number of rotatable bonds is 6. The SMILES string of the molecule is COCCN1C(=O)CO[C@H]2CN(CC3(O)CCN(c4cccc(C)c4)CC3)C[C@@H]21. The maximum atomic E-state index is 12.3. The summed E-state index contributed by atoms with van der Waals surface area (Å²) >= 11 is 0. The van der Waals surface area contributed by atoms with Crippen LogP contribution >= 0.6 is 0 Å². The zero-order chi connectivity index (χ0) is 20.4. The molecule has 3 aliphatic heterocycles. The fourth-order valence-electron chi connectivity index (χ4n) is 4.93. The van der Waals surface area contributed by atoms with Gasteiger partial charge in [-0.2, -0.15) is 0 Å². The number of carbonyl (C=O) groups excluding carboxylic acids is 1. The van der Waals surface area contributed by atoms with Crippen molar-refractivity contribution >= 4 is 11.6 Å². The number of carbonyl (C=O) groups is 1. The zero-order valence-electron chi connectivity index (χ0n) is 17.5. The predicted molar refractivity (Wildman–Crippen MR) is 111 cm³/mol. The van der Waals surface area contributed by atoms with Gasteiger partial charge < -0.3 is 24.4 Å². The number of benzene rings is 1. The van der Waals surface area contributed by atoms with Crippen molar-refractivity contribution in [1.82, 2.24) is 9.80 Å². The van der Waals surface area contributed by atoms with Gasteiger partial charge in [0.05, 0.1) is 24.4 Å². The number of aliphatic hydroxyl groups is 1. The molecule has 0 unspecified atom stereocenters. The van der Waals surface area contributed by atoms with Crippen molar-refractivity contribution < 1.29 is 19.4 Å². The van der Waals surface area contributed by atoms with E-state index in [1.807, 2.05) is 4.90 Å². The molecule has 3 aliphatic rings. The van der Waals surface area contributed by atoms with E-state index in [2.05, 4.69) is 41.0 Å². The fraction of sp³-hybridized carbons (Fsp3) is 0.682. The molecule has 3 heterocycles. The molecule has 160 valence electrons. The number of amides is 1. The molecule has 4 rings (SSSR count). The second-order valence-corrected chi connectivity index (χ2v) is 8.74. The van der Waals surface area contributed by atoms with Crippen molar-refractivity contribution in [3.8, 4) is 0 Å². The number of likely N-dealkylation sites (tertiary alicyclic amines) is 1. The maximum absolute atomic E-state index is 12.3. The Bertz CT molecular complexity index is 720. The second-order valence-electron chi connectivity index (χ2n) is 8.74. The Morgan fingerprint density at radius 3 is 2.79 bits per heavy atom. The van der Waals surface area contributed by atoms with Gasteiger partial charge in [0.25, 0.3) is 0 Å². The van der Waals surface area contributed by atoms with Gasteiger partial charge in [0.1, 0.15) is 6.61 Å². The Kier molecular flexibility index (Phi) is 6.11. The number of β-amino-alcohol motifs (C(OH)–C–C–N with tert-alkyl or cyclic N) is 1. The Labute approximate surface area is 173 Å². The van der Waals surface area contributed by atoms with Gasteiger partial charge in [-0.15, -0.1) is 0 Å². The summed E-state index contributed by atoms with van der Waals surface area (Å²) in [5.41, 5.74) is 1.81. The summed E-state index contributed by atoms with van der Waals surface area (Å²) in [6.45, 7) is 7.27. The Hall–Kier alpha value is -1.67. The largest absolute Gasteiger partial charge is 0.388 e. The van der Waals surface area contributed by atoms with Crippen molar-refractivity contribution in [3.63, 3.8) is 0 Å². The smallest absolute Gasteiger partial charge is 0.249 e. The lowest BCUT2D eigenvalue weighted by atomic mass is 9.90. The lowest BCUT2D eigenvalue weighted by molar-refractivity contribution is -0.153. The minimum atomic E-state index is -0.685. The van der Waals surface area contributed by atoms with Crippen LogP contribution in [0, 0.1) is 6.92 Å². The highest BCUT2D eigenvalue weighted by molar-refractivity contribution is 5.78. The topological polar surface area (TPSA) is 65.5 Å². The van der Waals surface area contributed by atoms with Gasteiger partial charge in [-0.1, -0.05) is 12.1 Å². The third kappa shape index (κ3) is 4.58. The minimum absolute atomic E-state index is 0.0283. The van der Waals surface area contributed by atoms with E-state index in [0.717, 1.165) is 39.0 Å². The summed E-state index contributed by atoms with van der Waals surface area (Å²) in [7, 11) is 1.65. The summed E-state index contributed by atoms with van der Waals surface area (Å²) in [5, 5.41) is 11.2. The Balaban J connectivity index is 1.33. The van der Waals surface area contributed by atoms with Gasteiger partial charge in [-0.25, -0.2) is 0 Å². The average Bonchev–Trinajstić information content (AvgIpc) is 3.10. The second kappa shape index (κ2) is 8.60. The van der Waals surface area contributed by atoms with Gasteiger partial charge in [0, 0.05) is 52.1 Å². The van der Waals surface area contributed by atoms with E-state index in [4.69, 9.17) is 9.47 Å². The number of morpholine rings is 1. The molecule has 3 fully saturated rings. The molecule has 1 amide bonds. The first-order valence-electron chi connectivity index (χ1n) is 10.6. The first-order valence-corrected chi connectivity index (χ1v) is 10.6. The summed E-state index contributed by atoms with van der Waals surface area (Å²) in [4.78, 5) is 18.8. The number of fused-ring (bicyclic) bond motifs is 1. The number of aryl methyl sites for hydroxylation is 1. The standard InChI is InChI=1S/C22H33N3O4/c1-17-4-3-5-18(12-17)24-8-6-22(27,7-9-24)16-23-13-19-20(14-23)29-15-21(26)25(19)10-11-28-2/h3-5,12,19-20,27H,6-11,13-16H2,1-2H3/t19-,20-/m0/s1. The molecular weight excluding hydrogens is 370 g/mol. The molecule has 7 nitrogen and oxygen atoms in total. The molecule has 0 bridgehead atoms. The van der Waals surface area contributed by atoms with Crippen molar-refractivity contribution in [3.05, 3.63) is 29.8 Å². The van der Waals surface area contributed by atoms with Crippen LogP contribution in [0.5, 0.6) is 0 Å². The first kappa shape index (κ1) is 20.6. The number of ether oxygens (including phenoxy) is 2. The molecule has 0 aromatic heterocycles. The van der Waals surface area contributed by atoms with E-state index < -0.39 is 5.60 Å². The van der Waals surface area contributed by atoms with Gasteiger partial charge in [0.15, 0.2) is 0 Å². The van der Waals surface area contributed by atoms with Gasteiger partial charge >= 0.3 is 0 Å². The number of hydrogen-bond donors (Lipinski definition) is 1. The van der Waals surface area contributed by atoms with Crippen LogP contribution in [0.2, 0.25) is 0 Å². The molecule has 0 saturated carbocycles. The van der Waals surface area contributed by atoms with Crippen LogP contribution in [-0.2, 0) is 14.3 Å². The first-order chi connectivity index (χ1) is 14.0. The number of anilines is 1. The van der Waals surface area contributed by atoms with Crippen LogP contribution in [0.4, 0.5) is 5.69 Å². The zero-order valence-corrected chi connectivity index (χ0v) is 17.5. The molecule has 29 heavy (non-hydrogen) atoms. The van der Waals surface area contributed by atoms with Crippen LogP contribution in [-0.4, -0.2) is 98.2 Å². The predicted octanol–water partition coefficient (Wildman–Crippen LogP) is 0.884. The Morgan fingerprint density at radius 1 is 1.28 bits per heavy atom. The van der Waals surface area contributed by atoms with E-state index >= 15 is 0 Å². The van der Waals surface area contributed by atoms with E-state index in [1.165, 1.54) is 11.3 Å². The molecular formula is C22H33N3O4. The minimum Gasteiger partial charge on any atom is -0.388 e. The number of methoxy groups -OCH3 is 1. The molecule has 1 aromatic carbocycles. The molecule has 1 N–H and O–H groups in total. The summed E-state index contributed by atoms with van der Waals surface area (Å²) in [5.74, 6) is 0.0373. The van der Waals surface area contributed by atoms with Crippen LogP contribution < -0.4 is 4.90 Å². The highest BCUT2D eigenvalue weighted by atomic mass is 16.5. The van der Waals surface area contributed by atoms with Gasteiger partial charge in [-0.05, 0) is 37.5 Å². The van der Waals surface area contributed by atoms with Crippen LogP contribution in [0.25, 0.3) is 0 Å². The summed E-state index contributed by atoms with van der Waals surface area (Å²) in [6.07, 6.45) is 1.53. The van der Waals surface area contributed by atoms with Crippen LogP contribution in [0.3, 0.4) is 0 Å². The van der Waals surface area contributed by atoms with E-state index in [9.17, 15) is 9.90 Å². The fourth-order valence-corrected chi connectivity index (χ4v) is 4.93. The third-order valence-electron chi connectivity index (χ3n) is 6.57. The van der Waals surface area contributed by atoms with Crippen molar-refractivity contribution in [1.29, 1.82) is 0 Å². The highest BCUT2D eigenvalue weighted by Crippen LogP contribution is 2.30. The normalized spacial score (nSPS) is 27.3. The van der Waals surface area contributed by atoms with Crippen LogP contribution in [0.1, 0.15) is 18.4 Å². The molecule has 0 aliphatic carbocycles. The van der Waals surface area contributed by atoms with Crippen molar-refractivity contribution in [2.45, 2.75) is 37.5 Å². The quantitative estimate of drug-likeness (QED) is 0.761. The van der Waals surface area contributed by atoms with Crippen molar-refractivity contribution in [2.24, 2.45) is 0 Å². The molecule has 1 aromatic rings. The number of nitrogens with zero attached hydrogens (tertiary/aromatic N) is 3. The van der Waals surface area contributed by atoms with E-state index in [0.29, 0.717) is 19.7 Å². The molecule has 0 spiro atoms. The van der Waals surface area contributed by atoms with Crippen molar-refractivity contribution in [2.75, 3.05) is 64.5 Å². The van der Waals surface area contributed by atoms with Gasteiger partial charge in [-0.3, -0.25) is 9.69 Å². The number of hydrogen-bond acceptors (Lipinski definition) is 6. The lowest BCUT2D eigenvalue weighted by Crippen LogP contribution is -2.55. The maximum Gasteiger partial charge on any atom is 0.249 e. The monoisotopic (exact) mass is 403 g/mol. The summed E-state index contributed by atoms with van der Waals surface area (Å²) in [6, 6.07) is 8.61. The number of piperidine rings is 1. The summed E-state index contributed by atoms with van der Waals surface area (Å²) < 4.78 is 11.0. The van der Waals surface area contributed by atoms with Gasteiger partial charge in [0.2, 0.25) is 5.91 Å². The molecule has 2 atom stereocenters. The average molecular weight is 404 g/mol. The van der Waals surface area contributed by atoms with Crippen LogP contribution in [0.15, 0.2) is 24.3 Å². The lowest BCUT2D eigenvalue weighted by Gasteiger charge is -2.41. The highest BCUT2D eigenvalue weighted by Gasteiger charge is 2.45. The van der Waals surface area contributed by atoms with E-state index in [-0.39, 0.29) is 24.7 Å². The molecule has 0 radical (unpaired) electrons. The molecule has 7 heteroatoms. The molecule has 3 saturated heterocycles. The third-order valence-corrected chi connectivity index (χ3v) is 6.57. The van der Waals surface area contributed by atoms with E-state index in [1.54, 1.807) is 7.11 Å². The Morgan fingerprint density at radius 2 is 2.07 bits per heavy atom.